The molecule has 0 amide bonds. The summed E-state index contributed by atoms with van der Waals surface area (Å²) < 4.78 is 43.4. The molecule has 0 aliphatic carbocycles. The molecule has 1 aliphatic rings. The van der Waals surface area contributed by atoms with Crippen molar-refractivity contribution in [2.45, 2.75) is 0 Å². The molecule has 0 fully saturated rings. The fourth-order valence-electron chi connectivity index (χ4n) is 4.77. The molecule has 252 valence electrons. The van der Waals surface area contributed by atoms with E-state index in [9.17, 15) is 0 Å². The number of hydrogen-bond donors (Lipinski definition) is 4. The van der Waals surface area contributed by atoms with Gasteiger partial charge in [-0.05, 0) is 97.1 Å². The second-order valence-electron chi connectivity index (χ2n) is 10.9. The minimum Gasteiger partial charge on any atom is -0.427 e. The average Bonchev–Trinajstić information content (AvgIpc) is 3.12. The third-order valence-electron chi connectivity index (χ3n) is 6.97. The van der Waals surface area contributed by atoms with Crippen molar-refractivity contribution in [3.8, 4) is 23.0 Å². The van der Waals surface area contributed by atoms with Gasteiger partial charge in [0.25, 0.3) is 0 Å². The first-order valence-corrected chi connectivity index (χ1v) is 20.3. The van der Waals surface area contributed by atoms with Crippen LogP contribution in [0.4, 0.5) is 22.7 Å². The zero-order valence-corrected chi connectivity index (χ0v) is 29.3. The van der Waals surface area contributed by atoms with Crippen molar-refractivity contribution in [2.24, 2.45) is 13.5 Å². The molecule has 6 aromatic carbocycles. The van der Waals surface area contributed by atoms with Crippen molar-refractivity contribution in [1.29, 1.82) is 0 Å². The molecule has 2 atom stereocenters. The molecule has 11 nitrogen and oxygen atoms in total. The summed E-state index contributed by atoms with van der Waals surface area (Å²) in [4.78, 5) is 0. The lowest BCUT2D eigenvalue weighted by Gasteiger charge is -2.35. The van der Waals surface area contributed by atoms with Crippen LogP contribution in [0.25, 0.3) is 0 Å². The van der Waals surface area contributed by atoms with Crippen LogP contribution in [0.1, 0.15) is 0 Å². The molecular formula is C36H34N7O4P3. The van der Waals surface area contributed by atoms with Gasteiger partial charge in [0.2, 0.25) is 0 Å². The van der Waals surface area contributed by atoms with E-state index in [4.69, 9.17) is 43.1 Å². The van der Waals surface area contributed by atoms with Crippen LogP contribution in [0.2, 0.25) is 0 Å². The van der Waals surface area contributed by atoms with Gasteiger partial charge in [-0.2, -0.15) is 0 Å². The Morgan fingerprint density at radius 3 is 1.04 bits per heavy atom. The Balaban J connectivity index is 1.55. The van der Waals surface area contributed by atoms with E-state index in [0.29, 0.717) is 45.7 Å². The molecular weight excluding hydrogens is 687 g/mol. The van der Waals surface area contributed by atoms with Crippen LogP contribution in [-0.2, 0) is 0 Å². The summed E-state index contributed by atoms with van der Waals surface area (Å²) in [7, 11) is -11.1. The van der Waals surface area contributed by atoms with Crippen LogP contribution in [0.15, 0.2) is 183 Å². The molecule has 0 bridgehead atoms. The topological polar surface area (TPSA) is 150 Å². The SMILES string of the molecule is Nc1ccc(NP2(Oc3ccccc3)=NP(Nc3ccc(N)cc3)(Oc3ccccc3)=NP(Oc3ccccc3)(Oc3ccccc3)=N2)cc1. The predicted molar refractivity (Wildman–Crippen MR) is 205 cm³/mol. The second-order valence-corrected chi connectivity index (χ2v) is 17.4. The first-order chi connectivity index (χ1) is 24.4. The Kier molecular flexibility index (Phi) is 9.54. The Morgan fingerprint density at radius 2 is 0.680 bits per heavy atom. The molecule has 6 aromatic rings. The summed E-state index contributed by atoms with van der Waals surface area (Å²) in [6.07, 6.45) is 0. The molecule has 1 heterocycles. The third-order valence-corrected chi connectivity index (χ3v) is 15.6. The van der Waals surface area contributed by atoms with Gasteiger partial charge in [-0.25, -0.2) is 0 Å². The Labute approximate surface area is 291 Å². The summed E-state index contributed by atoms with van der Waals surface area (Å²) in [6, 6.07) is 51.7. The lowest BCUT2D eigenvalue weighted by Crippen LogP contribution is -2.13. The van der Waals surface area contributed by atoms with Crippen molar-refractivity contribution in [3.05, 3.63) is 170 Å². The number of rotatable bonds is 12. The summed E-state index contributed by atoms with van der Waals surface area (Å²) in [6.45, 7) is 0. The van der Waals surface area contributed by atoms with Crippen LogP contribution in [0, 0.1) is 0 Å². The predicted octanol–water partition coefficient (Wildman–Crippen LogP) is 11.5. The number of nitrogens with zero attached hydrogens (tertiary/aromatic N) is 3. The van der Waals surface area contributed by atoms with E-state index in [1.807, 2.05) is 146 Å². The minimum atomic E-state index is -3.81. The number of benzene rings is 6. The van der Waals surface area contributed by atoms with E-state index in [0.717, 1.165) is 0 Å². The molecule has 0 aromatic heterocycles. The zero-order valence-electron chi connectivity index (χ0n) is 26.6. The maximum atomic E-state index is 6.89. The maximum absolute atomic E-state index is 6.89. The summed E-state index contributed by atoms with van der Waals surface area (Å²) >= 11 is 0. The van der Waals surface area contributed by atoms with E-state index in [1.165, 1.54) is 0 Å². The zero-order chi connectivity index (χ0) is 34.3. The number of nitrogens with one attached hydrogen (secondary N) is 2. The maximum Gasteiger partial charge on any atom is 0.458 e. The van der Waals surface area contributed by atoms with Gasteiger partial charge in [-0.15, -0.1) is 13.5 Å². The quantitative estimate of drug-likeness (QED) is 0.0720. The normalized spacial score (nSPS) is 19.0. The minimum absolute atomic E-state index is 0.488. The molecule has 0 saturated carbocycles. The van der Waals surface area contributed by atoms with Crippen LogP contribution in [0.3, 0.4) is 0 Å². The first-order valence-electron chi connectivity index (χ1n) is 15.6. The molecule has 50 heavy (non-hydrogen) atoms. The summed E-state index contributed by atoms with van der Waals surface area (Å²) in [5, 5.41) is 7.05. The van der Waals surface area contributed by atoms with Crippen LogP contribution in [-0.4, -0.2) is 0 Å². The van der Waals surface area contributed by atoms with Crippen molar-refractivity contribution in [3.63, 3.8) is 0 Å². The van der Waals surface area contributed by atoms with Gasteiger partial charge < -0.3 is 39.7 Å². The number of nitrogen functional groups attached to an aromatic ring is 2. The number of anilines is 4. The fraction of sp³-hybridized carbons (Fsp3) is 0. The van der Waals surface area contributed by atoms with Crippen molar-refractivity contribution < 1.29 is 18.1 Å². The number of para-hydroxylation sites is 4. The Morgan fingerprint density at radius 1 is 0.360 bits per heavy atom. The second kappa shape index (κ2) is 14.5. The molecule has 7 rings (SSSR count). The third kappa shape index (κ3) is 8.16. The summed E-state index contributed by atoms with van der Waals surface area (Å²) in [5.74, 6) is 2.01. The summed E-state index contributed by atoms with van der Waals surface area (Å²) in [5.41, 5.74) is 14.7. The highest BCUT2D eigenvalue weighted by molar-refractivity contribution is 7.83. The van der Waals surface area contributed by atoms with Gasteiger partial charge in [0.05, 0.1) is 0 Å². The van der Waals surface area contributed by atoms with Gasteiger partial charge in [-0.1, -0.05) is 72.8 Å². The molecule has 0 radical (unpaired) electrons. The lowest BCUT2D eigenvalue weighted by molar-refractivity contribution is 0.475. The van der Waals surface area contributed by atoms with Crippen molar-refractivity contribution >= 4 is 45.6 Å². The standard InChI is InChI=1S/C36H34N7O4P3/c37-29-21-25-31(26-22-29)39-48(44-33-13-5-1-6-14-33)41-49(45-34-15-7-2-8-16-34,40-32-27-23-30(38)24-28-32)43-50(42-48,46-35-17-9-3-10-18-35)47-36-19-11-4-12-20-36/h1-28,39-40H,37-38H2. The smallest absolute Gasteiger partial charge is 0.427 e. The molecule has 1 aliphatic heterocycles. The van der Waals surface area contributed by atoms with Gasteiger partial charge in [0.15, 0.2) is 0 Å². The van der Waals surface area contributed by atoms with E-state index < -0.39 is 22.8 Å². The largest absolute Gasteiger partial charge is 0.458 e. The van der Waals surface area contributed by atoms with E-state index in [1.54, 1.807) is 24.3 Å². The molecule has 0 saturated heterocycles. The van der Waals surface area contributed by atoms with E-state index >= 15 is 0 Å². The van der Waals surface area contributed by atoms with Crippen LogP contribution >= 0.6 is 22.8 Å². The highest BCUT2D eigenvalue weighted by Crippen LogP contribution is 2.78. The number of hydrogen-bond acceptors (Lipinski definition) is 11. The van der Waals surface area contributed by atoms with Crippen molar-refractivity contribution in [1.82, 2.24) is 0 Å². The highest BCUT2D eigenvalue weighted by atomic mass is 31.3. The Hall–Kier alpha value is -5.59. The fourth-order valence-corrected chi connectivity index (χ4v) is 14.5. The van der Waals surface area contributed by atoms with Gasteiger partial charge in [0, 0.05) is 22.7 Å². The van der Waals surface area contributed by atoms with E-state index in [-0.39, 0.29) is 0 Å². The van der Waals surface area contributed by atoms with Crippen LogP contribution in [0.5, 0.6) is 23.0 Å². The van der Waals surface area contributed by atoms with E-state index in [2.05, 4.69) is 10.2 Å². The molecule has 14 heteroatoms. The monoisotopic (exact) mass is 721 g/mol. The van der Waals surface area contributed by atoms with Crippen molar-refractivity contribution in [2.75, 3.05) is 21.6 Å². The van der Waals surface area contributed by atoms with Gasteiger partial charge in [-0.3, -0.25) is 0 Å². The molecule has 2 unspecified atom stereocenters. The molecule has 6 N–H and O–H groups in total. The lowest BCUT2D eigenvalue weighted by atomic mass is 10.3. The molecule has 0 spiro atoms. The highest BCUT2D eigenvalue weighted by Gasteiger charge is 2.45. The van der Waals surface area contributed by atoms with Gasteiger partial charge >= 0.3 is 22.8 Å². The number of nitrogens with two attached hydrogens (primary N) is 2. The van der Waals surface area contributed by atoms with Gasteiger partial charge in [0.1, 0.15) is 23.0 Å². The first kappa shape index (κ1) is 32.9. The average molecular weight is 722 g/mol. The Bertz CT molecular complexity index is 2070. The van der Waals surface area contributed by atoms with Crippen LogP contribution < -0.4 is 39.7 Å².